The second-order valence-corrected chi connectivity index (χ2v) is 10.3. The first-order chi connectivity index (χ1) is 17.3. The highest BCUT2D eigenvalue weighted by Gasteiger charge is 2.53. The second-order valence-electron chi connectivity index (χ2n) is 9.53. The van der Waals surface area contributed by atoms with E-state index in [1.807, 2.05) is 6.92 Å². The smallest absolute Gasteiger partial charge is 0.354 e. The van der Waals surface area contributed by atoms with E-state index < -0.39 is 41.5 Å². The number of hydrogen-bond donors (Lipinski definition) is 1. The maximum atomic E-state index is 13.3. The van der Waals surface area contributed by atoms with Gasteiger partial charge < -0.3 is 14.9 Å². The molecule has 1 atom stereocenters. The van der Waals surface area contributed by atoms with Crippen LogP contribution in [-0.4, -0.2) is 57.6 Å². The minimum Gasteiger partial charge on any atom is -0.458 e. The quantitative estimate of drug-likeness (QED) is 0.219. The van der Waals surface area contributed by atoms with E-state index in [1.54, 1.807) is 51.1 Å². The van der Waals surface area contributed by atoms with Crippen LogP contribution in [0.3, 0.4) is 0 Å². The Bertz CT molecular complexity index is 1250. The summed E-state index contributed by atoms with van der Waals surface area (Å²) in [7, 11) is 0. The van der Waals surface area contributed by atoms with Crippen LogP contribution in [0.2, 0.25) is 10.0 Å². The molecule has 1 aromatic heterocycles. The van der Waals surface area contributed by atoms with Crippen LogP contribution >= 0.6 is 23.2 Å². The third-order valence-electron chi connectivity index (χ3n) is 5.37. The van der Waals surface area contributed by atoms with Crippen LogP contribution in [0.15, 0.2) is 39.9 Å². The Morgan fingerprint density at radius 3 is 2.49 bits per heavy atom. The fourth-order valence-corrected chi connectivity index (χ4v) is 3.75. The minimum atomic E-state index is -2.20. The molecular formula is C25H28Cl2N4O6. The van der Waals surface area contributed by atoms with E-state index in [0.29, 0.717) is 39.1 Å². The maximum Gasteiger partial charge on any atom is 0.354 e. The van der Waals surface area contributed by atoms with Crippen molar-refractivity contribution in [1.29, 1.82) is 0 Å². The highest BCUT2D eigenvalue weighted by atomic mass is 35.5. The average molecular weight is 551 g/mol. The lowest BCUT2D eigenvalue weighted by Gasteiger charge is -2.31. The normalized spacial score (nSPS) is 16.0. The molecule has 4 amide bonds. The number of unbranched alkanes of at least 4 members (excludes halogenated alkanes) is 1. The predicted molar refractivity (Wildman–Crippen MR) is 138 cm³/mol. The topological polar surface area (TPSA) is 136 Å². The van der Waals surface area contributed by atoms with Gasteiger partial charge >= 0.3 is 12.0 Å². The van der Waals surface area contributed by atoms with E-state index >= 15 is 0 Å². The van der Waals surface area contributed by atoms with Crippen LogP contribution in [0.4, 0.5) is 4.79 Å². The molecule has 37 heavy (non-hydrogen) atoms. The highest BCUT2D eigenvalue weighted by molar-refractivity contribution is 6.42. The zero-order chi connectivity index (χ0) is 27.5. The van der Waals surface area contributed by atoms with E-state index in [1.165, 1.54) is 6.21 Å². The number of furan rings is 1. The number of nitrogens with zero attached hydrogens (tertiary/aromatic N) is 3. The summed E-state index contributed by atoms with van der Waals surface area (Å²) in [4.78, 5) is 52.1. The van der Waals surface area contributed by atoms with Crippen LogP contribution in [0.25, 0.3) is 11.3 Å². The average Bonchev–Trinajstić information content (AvgIpc) is 3.40. The molecule has 0 bridgehead atoms. The molecular weight excluding hydrogens is 523 g/mol. The Labute approximate surface area is 224 Å². The lowest BCUT2D eigenvalue weighted by atomic mass is 9.91. The van der Waals surface area contributed by atoms with Gasteiger partial charge in [-0.05, 0) is 57.5 Å². The molecule has 0 radical (unpaired) electrons. The standard InChI is InChI=1S/C25H28Cl2N4O6/c1-5-6-11-25(28,22(34)37-24(2,3)4)21(33)31-20(32)14-30(23(31)35)29-13-16-8-10-19(36-16)15-7-9-17(26)18(27)12-15/h7-10,12-13H,5-6,11,14,28H2,1-4H3. The number of urea groups is 1. The molecule has 2 N–H and O–H groups in total. The Balaban J connectivity index is 1.78. The summed E-state index contributed by atoms with van der Waals surface area (Å²) in [5, 5.41) is 5.54. The van der Waals surface area contributed by atoms with Gasteiger partial charge in [0, 0.05) is 5.56 Å². The number of hydrazone groups is 1. The van der Waals surface area contributed by atoms with Crippen LogP contribution < -0.4 is 5.73 Å². The summed E-state index contributed by atoms with van der Waals surface area (Å²) in [6, 6.07) is 7.23. The first kappa shape index (κ1) is 28.4. The van der Waals surface area contributed by atoms with E-state index in [9.17, 15) is 19.2 Å². The van der Waals surface area contributed by atoms with Crippen molar-refractivity contribution in [2.45, 2.75) is 58.1 Å². The molecule has 198 valence electrons. The first-order valence-electron chi connectivity index (χ1n) is 11.6. The Kier molecular flexibility index (Phi) is 8.46. The van der Waals surface area contributed by atoms with E-state index in [4.69, 9.17) is 38.1 Å². The van der Waals surface area contributed by atoms with Crippen molar-refractivity contribution in [2.24, 2.45) is 10.8 Å². The maximum absolute atomic E-state index is 13.3. The highest BCUT2D eigenvalue weighted by Crippen LogP contribution is 2.29. The molecule has 2 heterocycles. The SMILES string of the molecule is CCCCC(N)(C(=O)OC(C)(C)C)C(=O)N1C(=O)CN(N=Cc2ccc(-c3ccc(Cl)c(Cl)c3)o2)C1=O. The number of rotatable bonds is 8. The molecule has 12 heteroatoms. The number of amides is 4. The van der Waals surface area contributed by atoms with Crippen molar-refractivity contribution >= 4 is 53.2 Å². The van der Waals surface area contributed by atoms with Gasteiger partial charge in [0.1, 0.15) is 23.7 Å². The lowest BCUT2D eigenvalue weighted by molar-refractivity contribution is -0.166. The molecule has 1 aromatic carbocycles. The zero-order valence-electron chi connectivity index (χ0n) is 20.9. The number of carbonyl (C=O) groups is 4. The molecule has 3 rings (SSSR count). The third-order valence-corrected chi connectivity index (χ3v) is 6.11. The number of ether oxygens (including phenoxy) is 1. The monoisotopic (exact) mass is 550 g/mol. The summed E-state index contributed by atoms with van der Waals surface area (Å²) in [5.74, 6) is -2.27. The van der Waals surface area contributed by atoms with Gasteiger partial charge in [-0.1, -0.05) is 43.0 Å². The van der Waals surface area contributed by atoms with Gasteiger partial charge in [-0.2, -0.15) is 10.0 Å². The van der Waals surface area contributed by atoms with Gasteiger partial charge in [-0.15, -0.1) is 0 Å². The Morgan fingerprint density at radius 1 is 1.16 bits per heavy atom. The van der Waals surface area contributed by atoms with E-state index in [0.717, 1.165) is 5.01 Å². The molecule has 1 fully saturated rings. The third kappa shape index (κ3) is 6.38. The molecule has 1 aliphatic rings. The summed E-state index contributed by atoms with van der Waals surface area (Å²) >= 11 is 12.0. The van der Waals surface area contributed by atoms with Crippen molar-refractivity contribution in [1.82, 2.24) is 9.91 Å². The van der Waals surface area contributed by atoms with Crippen LogP contribution in [0.5, 0.6) is 0 Å². The number of benzene rings is 1. The molecule has 0 spiro atoms. The van der Waals surface area contributed by atoms with Gasteiger partial charge in [0.2, 0.25) is 0 Å². The number of halogens is 2. The molecule has 1 unspecified atom stereocenters. The summed E-state index contributed by atoms with van der Waals surface area (Å²) < 4.78 is 11.0. The predicted octanol–water partition coefficient (Wildman–Crippen LogP) is 4.61. The first-order valence-corrected chi connectivity index (χ1v) is 12.3. The number of esters is 1. The summed E-state index contributed by atoms with van der Waals surface area (Å²) in [6.45, 7) is 6.21. The second kappa shape index (κ2) is 11.0. The van der Waals surface area contributed by atoms with Crippen LogP contribution in [0, 0.1) is 0 Å². The molecule has 10 nitrogen and oxygen atoms in total. The lowest BCUT2D eigenvalue weighted by Crippen LogP contribution is -2.63. The largest absolute Gasteiger partial charge is 0.458 e. The number of nitrogens with two attached hydrogens (primary N) is 1. The van der Waals surface area contributed by atoms with Crippen molar-refractivity contribution < 1.29 is 28.3 Å². The Morgan fingerprint density at radius 2 is 1.86 bits per heavy atom. The van der Waals surface area contributed by atoms with Crippen molar-refractivity contribution in [3.63, 3.8) is 0 Å². The number of hydrogen-bond acceptors (Lipinski definition) is 8. The zero-order valence-corrected chi connectivity index (χ0v) is 22.4. The molecule has 1 aliphatic heterocycles. The summed E-state index contributed by atoms with van der Waals surface area (Å²) in [5.41, 5.74) is 3.75. The fourth-order valence-electron chi connectivity index (χ4n) is 3.45. The molecule has 1 saturated heterocycles. The van der Waals surface area contributed by atoms with Crippen LogP contribution in [0.1, 0.15) is 52.7 Å². The van der Waals surface area contributed by atoms with E-state index in [-0.39, 0.29) is 12.2 Å². The fraction of sp³-hybridized carbons (Fsp3) is 0.400. The van der Waals surface area contributed by atoms with Crippen molar-refractivity contribution in [3.05, 3.63) is 46.1 Å². The molecule has 0 aliphatic carbocycles. The summed E-state index contributed by atoms with van der Waals surface area (Å²) in [6.07, 6.45) is 2.15. The minimum absolute atomic E-state index is 0.0958. The van der Waals surface area contributed by atoms with Crippen molar-refractivity contribution in [2.75, 3.05) is 6.54 Å². The van der Waals surface area contributed by atoms with Gasteiger partial charge in [0.05, 0.1) is 16.3 Å². The van der Waals surface area contributed by atoms with Gasteiger partial charge in [0.25, 0.3) is 11.8 Å². The van der Waals surface area contributed by atoms with Gasteiger partial charge in [-0.3, -0.25) is 9.59 Å². The number of imide groups is 3. The van der Waals surface area contributed by atoms with Gasteiger partial charge in [-0.25, -0.2) is 14.6 Å². The van der Waals surface area contributed by atoms with Crippen LogP contribution in [-0.2, 0) is 19.1 Å². The van der Waals surface area contributed by atoms with Gasteiger partial charge in [0.15, 0.2) is 5.54 Å². The Hall–Kier alpha value is -3.21. The molecule has 2 aromatic rings. The van der Waals surface area contributed by atoms with E-state index in [2.05, 4.69) is 5.10 Å². The van der Waals surface area contributed by atoms with Crippen molar-refractivity contribution in [3.8, 4) is 11.3 Å². The number of carbonyl (C=O) groups excluding carboxylic acids is 4. The molecule has 0 saturated carbocycles.